The van der Waals surface area contributed by atoms with Crippen LogP contribution in [0.25, 0.3) is 0 Å². The maximum Gasteiger partial charge on any atom is 0.407 e. The van der Waals surface area contributed by atoms with Gasteiger partial charge in [0.25, 0.3) is 0 Å². The molecule has 0 saturated carbocycles. The minimum absolute atomic E-state index is 0.0706. The van der Waals surface area contributed by atoms with E-state index in [2.05, 4.69) is 5.32 Å². The summed E-state index contributed by atoms with van der Waals surface area (Å²) in [6, 6.07) is 9.11. The topological polar surface area (TPSA) is 102 Å². The number of nitrogens with one attached hydrogen (secondary N) is 1. The van der Waals surface area contributed by atoms with Gasteiger partial charge in [0.1, 0.15) is 6.61 Å². The molecule has 0 bridgehead atoms. The molecular formula is C18H28NO6P. The fourth-order valence-electron chi connectivity index (χ4n) is 2.45. The molecule has 7 nitrogen and oxygen atoms in total. The van der Waals surface area contributed by atoms with Crippen molar-refractivity contribution in [3.63, 3.8) is 0 Å². The van der Waals surface area contributed by atoms with Gasteiger partial charge in [-0.1, -0.05) is 44.2 Å². The van der Waals surface area contributed by atoms with Gasteiger partial charge in [0.05, 0.1) is 18.8 Å². The van der Waals surface area contributed by atoms with Crippen LogP contribution in [0.2, 0.25) is 0 Å². The second-order valence-electron chi connectivity index (χ2n) is 6.50. The number of alkyl carbamates (subject to hydrolysis) is 1. The summed E-state index contributed by atoms with van der Waals surface area (Å²) in [5, 5.41) is 2.30. The first-order chi connectivity index (χ1) is 12.2. The number of amides is 1. The Morgan fingerprint density at radius 3 is 2.42 bits per heavy atom. The molecule has 1 amide bonds. The highest BCUT2D eigenvalue weighted by atomic mass is 31.2. The minimum Gasteiger partial charge on any atom is -0.466 e. The van der Waals surface area contributed by atoms with Gasteiger partial charge in [-0.2, -0.15) is 0 Å². The Balaban J connectivity index is 2.50. The molecule has 0 saturated heterocycles. The second kappa shape index (κ2) is 11.0. The number of benzene rings is 1. The van der Waals surface area contributed by atoms with E-state index in [0.29, 0.717) is 6.42 Å². The summed E-state index contributed by atoms with van der Waals surface area (Å²) in [7, 11) is -3.74. The van der Waals surface area contributed by atoms with Crippen LogP contribution in [0.3, 0.4) is 0 Å². The Kier molecular flexibility index (Phi) is 9.38. The third-order valence-electron chi connectivity index (χ3n) is 3.56. The molecule has 0 fully saturated rings. The van der Waals surface area contributed by atoms with Crippen molar-refractivity contribution in [2.75, 3.05) is 19.1 Å². The third-order valence-corrected chi connectivity index (χ3v) is 5.23. The molecule has 0 heterocycles. The quantitative estimate of drug-likeness (QED) is 0.473. The predicted octanol–water partition coefficient (Wildman–Crippen LogP) is 3.37. The Labute approximate surface area is 154 Å². The summed E-state index contributed by atoms with van der Waals surface area (Å²) in [5.74, 6) is -0.983. The molecule has 146 valence electrons. The molecule has 1 unspecified atom stereocenters. The van der Waals surface area contributed by atoms with E-state index >= 15 is 0 Å². The van der Waals surface area contributed by atoms with Gasteiger partial charge in [0.15, 0.2) is 0 Å². The summed E-state index contributed by atoms with van der Waals surface area (Å²) in [6.07, 6.45) is -1.01. The molecule has 0 aromatic heterocycles. The maximum absolute atomic E-state index is 12.4. The van der Waals surface area contributed by atoms with E-state index in [1.165, 1.54) is 0 Å². The molecular weight excluding hydrogens is 357 g/mol. The zero-order chi connectivity index (χ0) is 19.6. The van der Waals surface area contributed by atoms with E-state index in [1.807, 2.05) is 32.0 Å². The van der Waals surface area contributed by atoms with Gasteiger partial charge in [-0.15, -0.1) is 0 Å². The van der Waals surface area contributed by atoms with Crippen molar-refractivity contribution in [3.8, 4) is 0 Å². The first-order valence-electron chi connectivity index (χ1n) is 8.65. The molecule has 1 aromatic rings. The van der Waals surface area contributed by atoms with Crippen molar-refractivity contribution in [2.45, 2.75) is 33.8 Å². The molecule has 26 heavy (non-hydrogen) atoms. The van der Waals surface area contributed by atoms with Crippen molar-refractivity contribution in [1.29, 1.82) is 0 Å². The average molecular weight is 385 g/mol. The highest BCUT2D eigenvalue weighted by molar-refractivity contribution is 7.58. The third kappa shape index (κ3) is 9.02. The normalized spacial score (nSPS) is 14.3. The lowest BCUT2D eigenvalue weighted by Gasteiger charge is -2.21. The Morgan fingerprint density at radius 2 is 1.85 bits per heavy atom. The molecule has 2 N–H and O–H groups in total. The molecule has 0 aliphatic rings. The van der Waals surface area contributed by atoms with Crippen LogP contribution in [-0.2, 0) is 25.4 Å². The van der Waals surface area contributed by atoms with Crippen molar-refractivity contribution in [1.82, 2.24) is 5.32 Å². The monoisotopic (exact) mass is 385 g/mol. The summed E-state index contributed by atoms with van der Waals surface area (Å²) in [6.45, 7) is 5.82. The van der Waals surface area contributed by atoms with Crippen LogP contribution >= 0.6 is 7.37 Å². The molecule has 0 radical (unpaired) electrons. The molecule has 0 aliphatic heterocycles. The average Bonchev–Trinajstić information content (AvgIpc) is 2.58. The fourth-order valence-corrected chi connectivity index (χ4v) is 3.94. The number of hydrogen-bond acceptors (Lipinski definition) is 5. The molecule has 1 aromatic carbocycles. The number of esters is 1. The van der Waals surface area contributed by atoms with Gasteiger partial charge >= 0.3 is 12.1 Å². The van der Waals surface area contributed by atoms with Gasteiger partial charge in [-0.25, -0.2) is 4.79 Å². The molecule has 1 rings (SSSR count). The SMILES string of the molecule is CCOC(=O)[C@H](CC(C)C)CP(=O)(O)CNC(=O)OCc1ccccc1. The Hall–Kier alpha value is -1.85. The molecule has 0 spiro atoms. The largest absolute Gasteiger partial charge is 0.466 e. The van der Waals surface area contributed by atoms with Crippen molar-refractivity contribution < 1.29 is 28.5 Å². The number of carbonyl (C=O) groups excluding carboxylic acids is 2. The molecule has 8 heteroatoms. The summed E-state index contributed by atoms with van der Waals surface area (Å²) in [5.41, 5.74) is 0.814. The lowest BCUT2D eigenvalue weighted by Crippen LogP contribution is -2.29. The number of hydrogen-bond donors (Lipinski definition) is 2. The van der Waals surface area contributed by atoms with E-state index in [1.54, 1.807) is 19.1 Å². The van der Waals surface area contributed by atoms with Crippen molar-refractivity contribution in [2.24, 2.45) is 11.8 Å². The van der Waals surface area contributed by atoms with Crippen LogP contribution < -0.4 is 5.32 Å². The van der Waals surface area contributed by atoms with E-state index in [9.17, 15) is 19.0 Å². The van der Waals surface area contributed by atoms with E-state index in [4.69, 9.17) is 9.47 Å². The maximum atomic E-state index is 12.4. The fraction of sp³-hybridized carbons (Fsp3) is 0.556. The van der Waals surface area contributed by atoms with Gasteiger partial charge in [-0.05, 0) is 24.8 Å². The van der Waals surface area contributed by atoms with Crippen LogP contribution in [0.1, 0.15) is 32.8 Å². The van der Waals surface area contributed by atoms with Gasteiger partial charge < -0.3 is 19.7 Å². The van der Waals surface area contributed by atoms with Crippen LogP contribution in [0, 0.1) is 11.8 Å². The van der Waals surface area contributed by atoms with Gasteiger partial charge in [-0.3, -0.25) is 9.36 Å². The van der Waals surface area contributed by atoms with Gasteiger partial charge in [0.2, 0.25) is 7.37 Å². The summed E-state index contributed by atoms with van der Waals surface area (Å²) < 4.78 is 22.4. The number of ether oxygens (including phenoxy) is 2. The minimum atomic E-state index is -3.74. The number of carbonyl (C=O) groups is 2. The van der Waals surface area contributed by atoms with Crippen LogP contribution in [-0.4, -0.2) is 36.0 Å². The van der Waals surface area contributed by atoms with Crippen LogP contribution in [0.15, 0.2) is 30.3 Å². The lowest BCUT2D eigenvalue weighted by atomic mass is 9.99. The Morgan fingerprint density at radius 1 is 1.19 bits per heavy atom. The zero-order valence-electron chi connectivity index (χ0n) is 15.5. The van der Waals surface area contributed by atoms with E-state index in [0.717, 1.165) is 5.56 Å². The first-order valence-corrected chi connectivity index (χ1v) is 10.7. The summed E-state index contributed by atoms with van der Waals surface area (Å²) in [4.78, 5) is 33.8. The summed E-state index contributed by atoms with van der Waals surface area (Å²) >= 11 is 0. The smallest absolute Gasteiger partial charge is 0.407 e. The van der Waals surface area contributed by atoms with Crippen molar-refractivity contribution >= 4 is 19.4 Å². The van der Waals surface area contributed by atoms with Gasteiger partial charge in [0, 0.05) is 6.16 Å². The Bertz CT molecular complexity index is 619. The lowest BCUT2D eigenvalue weighted by molar-refractivity contribution is -0.147. The van der Waals surface area contributed by atoms with Crippen molar-refractivity contribution in [3.05, 3.63) is 35.9 Å². The van der Waals surface area contributed by atoms with Crippen LogP contribution in [0.5, 0.6) is 0 Å². The predicted molar refractivity (Wildman–Crippen MR) is 98.9 cm³/mol. The highest BCUT2D eigenvalue weighted by Gasteiger charge is 2.31. The number of rotatable bonds is 10. The first kappa shape index (κ1) is 22.2. The second-order valence-corrected chi connectivity index (χ2v) is 8.88. The van der Waals surface area contributed by atoms with E-state index < -0.39 is 31.6 Å². The molecule has 0 aliphatic carbocycles. The standard InChI is InChI=1S/C18H28NO6P/c1-4-24-17(20)16(10-14(2)3)12-26(22,23)13-19-18(21)25-11-15-8-6-5-7-9-15/h5-9,14,16H,4,10-13H2,1-3H3,(H,19,21)(H,22,23)/t16-/m1/s1. The van der Waals surface area contributed by atoms with Crippen LogP contribution in [0.4, 0.5) is 4.79 Å². The molecule has 2 atom stereocenters. The highest BCUT2D eigenvalue weighted by Crippen LogP contribution is 2.42. The zero-order valence-corrected chi connectivity index (χ0v) is 16.4. The van der Waals surface area contributed by atoms with E-state index in [-0.39, 0.29) is 25.3 Å².